The molecule has 0 aromatic heterocycles. The lowest BCUT2D eigenvalue weighted by Gasteiger charge is -2.17. The molecule has 1 heterocycles. The third kappa shape index (κ3) is 3.81. The summed E-state index contributed by atoms with van der Waals surface area (Å²) in [7, 11) is 0. The van der Waals surface area contributed by atoms with Crippen molar-refractivity contribution in [2.45, 2.75) is 20.8 Å². The molecule has 0 atom stereocenters. The first-order valence-electron chi connectivity index (χ1n) is 8.69. The predicted octanol–water partition coefficient (Wildman–Crippen LogP) is 4.92. The van der Waals surface area contributed by atoms with E-state index in [-0.39, 0.29) is 18.1 Å². The molecule has 0 radical (unpaired) electrons. The van der Waals surface area contributed by atoms with E-state index in [2.05, 4.69) is 0 Å². The molecule has 0 saturated heterocycles. The van der Waals surface area contributed by atoms with E-state index in [1.54, 1.807) is 44.2 Å². The van der Waals surface area contributed by atoms with Gasteiger partial charge in [-0.2, -0.15) is 0 Å². The number of allylic oxidation sites excluding steroid dienone is 1. The summed E-state index contributed by atoms with van der Waals surface area (Å²) in [5.74, 6) is -0.767. The molecule has 27 heavy (non-hydrogen) atoms. The van der Waals surface area contributed by atoms with Gasteiger partial charge in [-0.15, -0.1) is 0 Å². The lowest BCUT2D eigenvalue weighted by atomic mass is 10.0. The largest absolute Gasteiger partial charge is 0.462 e. The number of nitrogens with zero attached hydrogens (tertiary/aromatic N) is 1. The lowest BCUT2D eigenvalue weighted by Crippen LogP contribution is -2.24. The van der Waals surface area contributed by atoms with Crippen LogP contribution in [-0.4, -0.2) is 18.5 Å². The Kier molecular flexibility index (Phi) is 5.47. The highest BCUT2D eigenvalue weighted by Gasteiger charge is 2.38. The van der Waals surface area contributed by atoms with E-state index in [0.717, 1.165) is 11.1 Å². The number of aryl methyl sites for hydroxylation is 1. The monoisotopic (exact) mass is 381 g/mol. The zero-order valence-corrected chi connectivity index (χ0v) is 16.2. The number of hydrogen-bond acceptors (Lipinski definition) is 3. The molecule has 0 aliphatic carbocycles. The van der Waals surface area contributed by atoms with Crippen LogP contribution in [0, 0.1) is 6.92 Å². The second-order valence-corrected chi connectivity index (χ2v) is 6.70. The van der Waals surface area contributed by atoms with E-state index in [0.29, 0.717) is 22.0 Å². The number of carbonyl (C=O) groups excluding carboxylic acids is 2. The number of carbonyl (C=O) groups is 2. The molecule has 0 unspecified atom stereocenters. The van der Waals surface area contributed by atoms with Crippen molar-refractivity contribution in [3.05, 3.63) is 81.5 Å². The first-order valence-corrected chi connectivity index (χ1v) is 9.07. The van der Waals surface area contributed by atoms with Crippen LogP contribution >= 0.6 is 11.6 Å². The van der Waals surface area contributed by atoms with Gasteiger partial charge >= 0.3 is 5.97 Å². The van der Waals surface area contributed by atoms with Crippen molar-refractivity contribution in [2.24, 2.45) is 0 Å². The van der Waals surface area contributed by atoms with Crippen LogP contribution in [0.25, 0.3) is 6.08 Å². The molecule has 0 saturated carbocycles. The normalized spacial score (nSPS) is 15.6. The van der Waals surface area contributed by atoms with Gasteiger partial charge in [0.25, 0.3) is 5.91 Å². The Balaban J connectivity index is 2.11. The number of ether oxygens (including phenoxy) is 1. The van der Waals surface area contributed by atoms with Gasteiger partial charge in [0.2, 0.25) is 0 Å². The fourth-order valence-corrected chi connectivity index (χ4v) is 3.14. The molecule has 5 heteroatoms. The van der Waals surface area contributed by atoms with Crippen molar-refractivity contribution in [3.63, 3.8) is 0 Å². The minimum absolute atomic E-state index is 0.239. The summed E-state index contributed by atoms with van der Waals surface area (Å²) in [4.78, 5) is 27.2. The Morgan fingerprint density at radius 2 is 1.70 bits per heavy atom. The van der Waals surface area contributed by atoms with Crippen LogP contribution in [0.4, 0.5) is 5.69 Å². The van der Waals surface area contributed by atoms with Gasteiger partial charge < -0.3 is 4.74 Å². The summed E-state index contributed by atoms with van der Waals surface area (Å²) in [5.41, 5.74) is 3.77. The van der Waals surface area contributed by atoms with Crippen LogP contribution in [0.5, 0.6) is 0 Å². The first-order chi connectivity index (χ1) is 12.9. The fraction of sp³-hybridized carbons (Fsp3) is 0.182. The molecule has 3 rings (SSSR count). The third-order valence-electron chi connectivity index (χ3n) is 4.35. The van der Waals surface area contributed by atoms with E-state index in [9.17, 15) is 9.59 Å². The molecule has 1 aliphatic rings. The maximum absolute atomic E-state index is 13.2. The Labute approximate surface area is 163 Å². The van der Waals surface area contributed by atoms with Crippen LogP contribution in [-0.2, 0) is 14.3 Å². The van der Waals surface area contributed by atoms with Crippen LogP contribution in [0.3, 0.4) is 0 Å². The van der Waals surface area contributed by atoms with Gasteiger partial charge in [0.15, 0.2) is 0 Å². The van der Waals surface area contributed by atoms with Gasteiger partial charge in [0, 0.05) is 16.4 Å². The molecular weight excluding hydrogens is 362 g/mol. The summed E-state index contributed by atoms with van der Waals surface area (Å²) in [6.07, 6.45) is 1.73. The average molecular weight is 382 g/mol. The van der Waals surface area contributed by atoms with Crippen molar-refractivity contribution in [2.75, 3.05) is 11.5 Å². The molecular formula is C22H20ClNO3. The zero-order valence-electron chi connectivity index (χ0n) is 15.5. The lowest BCUT2D eigenvalue weighted by molar-refractivity contribution is -0.138. The Bertz CT molecular complexity index is 941. The summed E-state index contributed by atoms with van der Waals surface area (Å²) >= 11 is 5.96. The van der Waals surface area contributed by atoms with Crippen LogP contribution < -0.4 is 4.90 Å². The maximum Gasteiger partial charge on any atom is 0.340 e. The highest BCUT2D eigenvalue weighted by molar-refractivity contribution is 6.30. The highest BCUT2D eigenvalue weighted by atomic mass is 35.5. The fourth-order valence-electron chi connectivity index (χ4n) is 3.01. The smallest absolute Gasteiger partial charge is 0.340 e. The molecule has 0 fully saturated rings. The second kappa shape index (κ2) is 7.80. The molecule has 4 nitrogen and oxygen atoms in total. The number of esters is 1. The summed E-state index contributed by atoms with van der Waals surface area (Å²) in [5, 5.41) is 0.577. The van der Waals surface area contributed by atoms with Gasteiger partial charge in [0.1, 0.15) is 0 Å². The van der Waals surface area contributed by atoms with E-state index < -0.39 is 5.97 Å². The summed E-state index contributed by atoms with van der Waals surface area (Å²) < 4.78 is 5.20. The van der Waals surface area contributed by atoms with Crippen molar-refractivity contribution in [1.82, 2.24) is 0 Å². The number of anilines is 1. The standard InChI is InChI=1S/C22H20ClNO3/c1-4-27-22(26)20-15(3)24(18-11-9-17(23)10-12-18)21(25)19(20)13-16-7-5-14(2)6-8-16/h5-13H,4H2,1-3H3/b19-13-. The number of hydrogen-bond donors (Lipinski definition) is 0. The Hall–Kier alpha value is -2.85. The molecule has 1 amide bonds. The van der Waals surface area contributed by atoms with Crippen molar-refractivity contribution in [1.29, 1.82) is 0 Å². The van der Waals surface area contributed by atoms with Gasteiger partial charge in [0.05, 0.1) is 17.8 Å². The zero-order chi connectivity index (χ0) is 19.6. The number of benzene rings is 2. The summed E-state index contributed by atoms with van der Waals surface area (Å²) in [6, 6.07) is 14.7. The molecule has 0 spiro atoms. The quantitative estimate of drug-likeness (QED) is 0.558. The molecule has 138 valence electrons. The van der Waals surface area contributed by atoms with E-state index >= 15 is 0 Å². The molecule has 2 aromatic rings. The third-order valence-corrected chi connectivity index (χ3v) is 4.60. The van der Waals surface area contributed by atoms with Crippen molar-refractivity contribution in [3.8, 4) is 0 Å². The number of halogens is 1. The Morgan fingerprint density at radius 1 is 1.07 bits per heavy atom. The average Bonchev–Trinajstić information content (AvgIpc) is 2.88. The van der Waals surface area contributed by atoms with Crippen LogP contribution in [0.1, 0.15) is 25.0 Å². The van der Waals surface area contributed by atoms with E-state index in [1.165, 1.54) is 4.90 Å². The van der Waals surface area contributed by atoms with Gasteiger partial charge in [-0.1, -0.05) is 41.4 Å². The minimum atomic E-state index is -0.502. The van der Waals surface area contributed by atoms with E-state index in [4.69, 9.17) is 16.3 Å². The van der Waals surface area contributed by atoms with Gasteiger partial charge in [-0.25, -0.2) is 4.79 Å². The number of rotatable bonds is 4. The first kappa shape index (κ1) is 18.9. The van der Waals surface area contributed by atoms with Crippen molar-refractivity contribution >= 4 is 35.2 Å². The minimum Gasteiger partial charge on any atom is -0.462 e. The Morgan fingerprint density at radius 3 is 2.30 bits per heavy atom. The van der Waals surface area contributed by atoms with E-state index in [1.807, 2.05) is 31.2 Å². The van der Waals surface area contributed by atoms with Crippen LogP contribution in [0.15, 0.2) is 65.4 Å². The van der Waals surface area contributed by atoms with Crippen molar-refractivity contribution < 1.29 is 14.3 Å². The van der Waals surface area contributed by atoms with Gasteiger partial charge in [-0.05, 0) is 56.7 Å². The molecule has 2 aromatic carbocycles. The summed E-state index contributed by atoms with van der Waals surface area (Å²) in [6.45, 7) is 5.72. The maximum atomic E-state index is 13.2. The molecule has 0 N–H and O–H groups in total. The molecule has 1 aliphatic heterocycles. The predicted molar refractivity (Wildman–Crippen MR) is 107 cm³/mol. The second-order valence-electron chi connectivity index (χ2n) is 6.27. The molecule has 0 bridgehead atoms. The topological polar surface area (TPSA) is 46.6 Å². The van der Waals surface area contributed by atoms with Crippen LogP contribution in [0.2, 0.25) is 5.02 Å². The van der Waals surface area contributed by atoms with Gasteiger partial charge in [-0.3, -0.25) is 9.69 Å². The SMILES string of the molecule is CCOC(=O)C1=C(C)N(c2ccc(Cl)cc2)C(=O)/C1=C\c1ccc(C)cc1. The number of amides is 1. The highest BCUT2D eigenvalue weighted by Crippen LogP contribution is 2.35.